The van der Waals surface area contributed by atoms with Gasteiger partial charge in [-0.25, -0.2) is 4.98 Å². The lowest BCUT2D eigenvalue weighted by Gasteiger charge is -2.25. The van der Waals surface area contributed by atoms with Crippen LogP contribution in [0.4, 0.5) is 5.13 Å². The highest BCUT2D eigenvalue weighted by Gasteiger charge is 2.19. The number of ether oxygens (including phenoxy) is 1. The Kier molecular flexibility index (Phi) is 6.15. The zero-order valence-corrected chi connectivity index (χ0v) is 18.8. The van der Waals surface area contributed by atoms with E-state index in [0.29, 0.717) is 10.7 Å². The number of hydrogen-bond acceptors (Lipinski definition) is 5. The lowest BCUT2D eigenvalue weighted by molar-refractivity contribution is 0.0337. The summed E-state index contributed by atoms with van der Waals surface area (Å²) in [5.41, 5.74) is 4.58. The number of hydrogen-bond donors (Lipinski definition) is 1. The largest absolute Gasteiger partial charge is 0.379 e. The molecule has 1 fully saturated rings. The van der Waals surface area contributed by atoms with Crippen molar-refractivity contribution < 1.29 is 9.53 Å². The first-order valence-electron chi connectivity index (χ1n) is 9.52. The number of thiazole rings is 1. The van der Waals surface area contributed by atoms with Crippen molar-refractivity contribution in [2.45, 2.75) is 20.4 Å². The van der Waals surface area contributed by atoms with Crippen molar-refractivity contribution in [1.82, 2.24) is 14.5 Å². The summed E-state index contributed by atoms with van der Waals surface area (Å²) in [6.45, 7) is 8.13. The Hall–Kier alpha value is -2.00. The van der Waals surface area contributed by atoms with Gasteiger partial charge in [0.1, 0.15) is 0 Å². The SMILES string of the molecule is Cc1cc(C(=O)Nc2nc(CN3CCOCC3)cs2)c(C)n1-c1cccc(Br)c1. The van der Waals surface area contributed by atoms with E-state index in [4.69, 9.17) is 4.74 Å². The number of morpholine rings is 1. The standard InChI is InChI=1S/C21H23BrN4O2S/c1-14-10-19(15(2)26(14)18-5-3-4-16(22)11-18)20(27)24-21-23-17(13-29-21)12-25-6-8-28-9-7-25/h3-5,10-11,13H,6-9,12H2,1-2H3,(H,23,24,27). The van der Waals surface area contributed by atoms with Crippen LogP contribution in [0, 0.1) is 13.8 Å². The number of rotatable bonds is 5. The summed E-state index contributed by atoms with van der Waals surface area (Å²) in [5.74, 6) is -0.133. The molecule has 3 aromatic rings. The van der Waals surface area contributed by atoms with Gasteiger partial charge in [0.25, 0.3) is 5.91 Å². The Balaban J connectivity index is 1.48. The van der Waals surface area contributed by atoms with E-state index in [0.717, 1.165) is 60.1 Å². The van der Waals surface area contributed by atoms with Gasteiger partial charge in [-0.3, -0.25) is 15.0 Å². The van der Waals surface area contributed by atoms with Gasteiger partial charge in [0, 0.05) is 46.6 Å². The van der Waals surface area contributed by atoms with Crippen molar-refractivity contribution in [1.29, 1.82) is 0 Å². The van der Waals surface area contributed by atoms with Crippen LogP contribution in [0.25, 0.3) is 5.69 Å². The molecule has 0 radical (unpaired) electrons. The maximum atomic E-state index is 12.9. The predicted octanol–water partition coefficient (Wildman–Crippen LogP) is 4.40. The maximum Gasteiger partial charge on any atom is 0.259 e. The van der Waals surface area contributed by atoms with Crippen molar-refractivity contribution in [3.05, 3.63) is 62.8 Å². The zero-order valence-electron chi connectivity index (χ0n) is 16.4. The molecule has 8 heteroatoms. The van der Waals surface area contributed by atoms with Gasteiger partial charge >= 0.3 is 0 Å². The fourth-order valence-corrected chi connectivity index (χ4v) is 4.68. The number of carbonyl (C=O) groups excluding carboxylic acids is 1. The van der Waals surface area contributed by atoms with E-state index in [1.165, 1.54) is 11.3 Å². The third-order valence-corrected chi connectivity index (χ3v) is 6.30. The summed E-state index contributed by atoms with van der Waals surface area (Å²) < 4.78 is 8.48. The average Bonchev–Trinajstić information content (AvgIpc) is 3.26. The second-order valence-corrected chi connectivity index (χ2v) is 8.86. The van der Waals surface area contributed by atoms with E-state index in [-0.39, 0.29) is 5.91 Å². The number of nitrogens with zero attached hydrogens (tertiary/aromatic N) is 3. The Morgan fingerprint density at radius 1 is 1.28 bits per heavy atom. The number of aromatic nitrogens is 2. The molecule has 1 amide bonds. The van der Waals surface area contributed by atoms with Crippen molar-refractivity contribution in [3.8, 4) is 5.69 Å². The third-order valence-electron chi connectivity index (χ3n) is 5.00. The molecule has 0 aliphatic carbocycles. The van der Waals surface area contributed by atoms with E-state index in [1.54, 1.807) is 0 Å². The molecule has 3 heterocycles. The second-order valence-electron chi connectivity index (χ2n) is 7.09. The number of carbonyl (C=O) groups is 1. The Morgan fingerprint density at radius 3 is 2.83 bits per heavy atom. The monoisotopic (exact) mass is 474 g/mol. The van der Waals surface area contributed by atoms with E-state index in [1.807, 2.05) is 49.6 Å². The number of nitrogens with one attached hydrogen (secondary N) is 1. The molecular weight excluding hydrogens is 452 g/mol. The van der Waals surface area contributed by atoms with Crippen molar-refractivity contribution >= 4 is 38.3 Å². The van der Waals surface area contributed by atoms with Crippen LogP contribution in [-0.4, -0.2) is 46.7 Å². The molecule has 1 saturated heterocycles. The first kappa shape index (κ1) is 20.3. The van der Waals surface area contributed by atoms with Crippen LogP contribution >= 0.6 is 27.3 Å². The normalized spacial score (nSPS) is 14.9. The van der Waals surface area contributed by atoms with Crippen LogP contribution in [-0.2, 0) is 11.3 Å². The fraction of sp³-hybridized carbons (Fsp3) is 0.333. The van der Waals surface area contributed by atoms with Gasteiger partial charge in [0.2, 0.25) is 0 Å². The van der Waals surface area contributed by atoms with Crippen LogP contribution in [0.15, 0.2) is 40.2 Å². The second kappa shape index (κ2) is 8.79. The molecule has 0 unspecified atom stereocenters. The fourth-order valence-electron chi connectivity index (χ4n) is 3.60. The Bertz CT molecular complexity index is 1020. The summed E-state index contributed by atoms with van der Waals surface area (Å²) >= 11 is 4.98. The van der Waals surface area contributed by atoms with Crippen LogP contribution in [0.5, 0.6) is 0 Å². The van der Waals surface area contributed by atoms with Crippen LogP contribution in [0.1, 0.15) is 27.4 Å². The molecule has 6 nitrogen and oxygen atoms in total. The first-order valence-corrected chi connectivity index (χ1v) is 11.2. The molecule has 1 N–H and O–H groups in total. The van der Waals surface area contributed by atoms with Crippen molar-refractivity contribution in [3.63, 3.8) is 0 Å². The number of aryl methyl sites for hydroxylation is 1. The van der Waals surface area contributed by atoms with Gasteiger partial charge in [0.15, 0.2) is 5.13 Å². The zero-order chi connectivity index (χ0) is 20.4. The molecule has 1 aliphatic rings. The highest BCUT2D eigenvalue weighted by molar-refractivity contribution is 9.10. The summed E-state index contributed by atoms with van der Waals surface area (Å²) in [4.78, 5) is 19.8. The van der Waals surface area contributed by atoms with Crippen molar-refractivity contribution in [2.24, 2.45) is 0 Å². The Labute approximate surface area is 182 Å². The van der Waals surface area contributed by atoms with Crippen LogP contribution in [0.3, 0.4) is 0 Å². The molecule has 0 spiro atoms. The number of anilines is 1. The third kappa shape index (κ3) is 4.61. The van der Waals surface area contributed by atoms with Gasteiger partial charge < -0.3 is 9.30 Å². The summed E-state index contributed by atoms with van der Waals surface area (Å²) in [7, 11) is 0. The van der Waals surface area contributed by atoms with Gasteiger partial charge in [0.05, 0.1) is 24.5 Å². The molecule has 152 valence electrons. The first-order chi connectivity index (χ1) is 14.0. The smallest absolute Gasteiger partial charge is 0.259 e. The minimum Gasteiger partial charge on any atom is -0.379 e. The Morgan fingerprint density at radius 2 is 2.07 bits per heavy atom. The molecule has 1 aliphatic heterocycles. The number of benzene rings is 1. The molecular formula is C21H23BrN4O2S. The topological polar surface area (TPSA) is 59.4 Å². The molecule has 1 aromatic carbocycles. The maximum absolute atomic E-state index is 12.9. The summed E-state index contributed by atoms with van der Waals surface area (Å²) in [5, 5.41) is 5.60. The predicted molar refractivity (Wildman–Crippen MR) is 119 cm³/mol. The molecule has 29 heavy (non-hydrogen) atoms. The molecule has 0 bridgehead atoms. The number of amides is 1. The minimum absolute atomic E-state index is 0.133. The average molecular weight is 475 g/mol. The molecule has 0 saturated carbocycles. The highest BCUT2D eigenvalue weighted by Crippen LogP contribution is 2.25. The quantitative estimate of drug-likeness (QED) is 0.595. The molecule has 4 rings (SSSR count). The molecule has 2 aromatic heterocycles. The van der Waals surface area contributed by atoms with Gasteiger partial charge in [-0.1, -0.05) is 22.0 Å². The highest BCUT2D eigenvalue weighted by atomic mass is 79.9. The number of halogens is 1. The van der Waals surface area contributed by atoms with E-state index < -0.39 is 0 Å². The lowest BCUT2D eigenvalue weighted by atomic mass is 10.2. The van der Waals surface area contributed by atoms with Crippen molar-refractivity contribution in [2.75, 3.05) is 31.6 Å². The van der Waals surface area contributed by atoms with Gasteiger partial charge in [-0.15, -0.1) is 11.3 Å². The summed E-state index contributed by atoms with van der Waals surface area (Å²) in [6.07, 6.45) is 0. The van der Waals surface area contributed by atoms with Crippen LogP contribution in [0.2, 0.25) is 0 Å². The van der Waals surface area contributed by atoms with Gasteiger partial charge in [-0.2, -0.15) is 0 Å². The summed E-state index contributed by atoms with van der Waals surface area (Å²) in [6, 6.07) is 9.98. The lowest BCUT2D eigenvalue weighted by Crippen LogP contribution is -2.35. The van der Waals surface area contributed by atoms with E-state index in [2.05, 4.69) is 35.7 Å². The van der Waals surface area contributed by atoms with E-state index >= 15 is 0 Å². The van der Waals surface area contributed by atoms with E-state index in [9.17, 15) is 4.79 Å². The minimum atomic E-state index is -0.133. The van der Waals surface area contributed by atoms with Gasteiger partial charge in [-0.05, 0) is 38.1 Å². The van der Waals surface area contributed by atoms with Crippen LogP contribution < -0.4 is 5.32 Å². The molecule has 0 atom stereocenters.